The Labute approximate surface area is 211 Å². The van der Waals surface area contributed by atoms with Gasteiger partial charge in [0.05, 0.1) is 61.0 Å². The number of rotatable bonds is 7. The number of carbonyl (C=O) groups excluding carboxylic acids is 1. The van der Waals surface area contributed by atoms with Crippen LogP contribution >= 0.6 is 0 Å². The van der Waals surface area contributed by atoms with Crippen LogP contribution in [0.2, 0.25) is 0 Å². The first kappa shape index (κ1) is 25.4. The van der Waals surface area contributed by atoms with E-state index in [9.17, 15) is 18.0 Å². The molecule has 2 fully saturated rings. The van der Waals surface area contributed by atoms with Gasteiger partial charge in [-0.15, -0.1) is 0 Å². The zero-order valence-corrected chi connectivity index (χ0v) is 20.2. The van der Waals surface area contributed by atoms with Crippen LogP contribution < -0.4 is 5.73 Å². The molecule has 1 saturated heterocycles. The fourth-order valence-electron chi connectivity index (χ4n) is 4.92. The third kappa shape index (κ3) is 5.12. The van der Waals surface area contributed by atoms with Gasteiger partial charge in [0, 0.05) is 31.5 Å². The van der Waals surface area contributed by atoms with Crippen molar-refractivity contribution in [2.75, 3.05) is 33.5 Å². The van der Waals surface area contributed by atoms with Crippen molar-refractivity contribution in [1.82, 2.24) is 14.8 Å². The molecule has 3 aliphatic rings. The summed E-state index contributed by atoms with van der Waals surface area (Å²) in [6.07, 6.45) is -2.05. The topological polar surface area (TPSA) is 93.3 Å². The van der Waals surface area contributed by atoms with Crippen LogP contribution in [0.1, 0.15) is 46.1 Å². The summed E-state index contributed by atoms with van der Waals surface area (Å²) >= 11 is 0. The molecule has 2 aromatic rings. The van der Waals surface area contributed by atoms with Gasteiger partial charge in [-0.05, 0) is 37.0 Å². The minimum Gasteiger partial charge on any atom is -0.383 e. The van der Waals surface area contributed by atoms with Gasteiger partial charge in [0.15, 0.2) is 5.96 Å². The monoisotopic (exact) mass is 521 g/mol. The van der Waals surface area contributed by atoms with Crippen LogP contribution in [0, 0.1) is 11.7 Å². The maximum absolute atomic E-state index is 15.4. The molecule has 1 unspecified atom stereocenters. The van der Waals surface area contributed by atoms with Crippen LogP contribution in [0.4, 0.5) is 23.2 Å². The summed E-state index contributed by atoms with van der Waals surface area (Å²) in [4.78, 5) is 25.4. The Hall–Kier alpha value is -3.25. The lowest BCUT2D eigenvalue weighted by atomic mass is 9.97. The lowest BCUT2D eigenvalue weighted by molar-refractivity contribution is -0.137. The van der Waals surface area contributed by atoms with Crippen LogP contribution in [0.5, 0.6) is 0 Å². The van der Waals surface area contributed by atoms with Crippen molar-refractivity contribution in [2.24, 2.45) is 16.6 Å². The number of hydrogen-bond donors (Lipinski definition) is 1. The van der Waals surface area contributed by atoms with E-state index in [1.807, 2.05) is 4.90 Å². The molecule has 0 spiro atoms. The number of guanidine groups is 1. The number of aromatic nitrogens is 1. The summed E-state index contributed by atoms with van der Waals surface area (Å²) in [7, 11) is 1.51. The maximum Gasteiger partial charge on any atom is 0.417 e. The highest BCUT2D eigenvalue weighted by atomic mass is 19.4. The Balaban J connectivity index is 1.50. The zero-order valence-electron chi connectivity index (χ0n) is 20.2. The molecule has 0 bridgehead atoms. The zero-order chi connectivity index (χ0) is 26.3. The van der Waals surface area contributed by atoms with Crippen LogP contribution in [0.15, 0.2) is 35.5 Å². The highest BCUT2D eigenvalue weighted by Crippen LogP contribution is 2.40. The molecule has 12 heteroatoms. The molecular formula is C25H27F4N5O3. The van der Waals surface area contributed by atoms with Gasteiger partial charge in [0.1, 0.15) is 5.82 Å². The number of aliphatic imine (C=N–C) groups is 1. The molecule has 3 heterocycles. The van der Waals surface area contributed by atoms with Gasteiger partial charge in [0.2, 0.25) is 0 Å². The van der Waals surface area contributed by atoms with Gasteiger partial charge < -0.3 is 25.0 Å². The number of fused-ring (bicyclic) bond motifs is 3. The van der Waals surface area contributed by atoms with E-state index in [1.54, 1.807) is 0 Å². The molecule has 2 atom stereocenters. The summed E-state index contributed by atoms with van der Waals surface area (Å²) in [5, 5.41) is 0. The Bertz CT molecular complexity index is 1200. The van der Waals surface area contributed by atoms with Gasteiger partial charge in [-0.1, -0.05) is 0 Å². The van der Waals surface area contributed by atoms with Crippen molar-refractivity contribution in [2.45, 2.75) is 37.6 Å². The number of nitrogens with zero attached hydrogens (tertiary/aromatic N) is 4. The molecule has 2 aliphatic heterocycles. The van der Waals surface area contributed by atoms with Crippen molar-refractivity contribution in [1.29, 1.82) is 0 Å². The van der Waals surface area contributed by atoms with E-state index in [2.05, 4.69) is 9.98 Å². The van der Waals surface area contributed by atoms with Crippen LogP contribution in [0.25, 0.3) is 0 Å². The average Bonchev–Trinajstić information content (AvgIpc) is 3.71. The fraction of sp³-hybridized carbons (Fsp3) is 0.480. The molecule has 1 aliphatic carbocycles. The molecule has 5 rings (SSSR count). The molecule has 0 radical (unpaired) electrons. The summed E-state index contributed by atoms with van der Waals surface area (Å²) in [5.41, 5.74) is 6.24. The highest BCUT2D eigenvalue weighted by Gasteiger charge is 2.40. The van der Waals surface area contributed by atoms with E-state index in [-0.39, 0.29) is 48.4 Å². The minimum absolute atomic E-state index is 0.0954. The Morgan fingerprint density at radius 2 is 2.11 bits per heavy atom. The number of halogens is 4. The molecule has 1 saturated carbocycles. The number of pyridine rings is 1. The standard InChI is InChI=1S/C25H27F4N5O3/c1-36-12-21(14-2-3-14)34(11-16-5-4-15(10-31-16)25(27,28)29)23(35)17-8-18-20(9-19(17)26)32-24(30)33-6-7-37-13-22(18)33/h4-5,8-10,14,21-22H,2-3,6-7,11-13H2,1H3,(H2,30,32)/t21-,22?/m0/s1. The molecule has 1 aromatic carbocycles. The van der Waals surface area contributed by atoms with Gasteiger partial charge in [0.25, 0.3) is 5.91 Å². The first-order chi connectivity index (χ1) is 17.7. The number of ether oxygens (including phenoxy) is 2. The number of morpholine rings is 1. The van der Waals surface area contributed by atoms with Crippen molar-refractivity contribution in [3.05, 3.63) is 58.7 Å². The van der Waals surface area contributed by atoms with Gasteiger partial charge in [-0.2, -0.15) is 13.2 Å². The summed E-state index contributed by atoms with van der Waals surface area (Å²) in [5.74, 6) is -0.946. The van der Waals surface area contributed by atoms with E-state index >= 15 is 4.39 Å². The normalized spacial score (nSPS) is 20.1. The van der Waals surface area contributed by atoms with E-state index < -0.39 is 23.5 Å². The number of nitrogens with two attached hydrogens (primary N) is 1. The third-order valence-electron chi connectivity index (χ3n) is 7.01. The van der Waals surface area contributed by atoms with E-state index in [0.29, 0.717) is 31.0 Å². The fourth-order valence-corrected chi connectivity index (χ4v) is 4.92. The lowest BCUT2D eigenvalue weighted by Gasteiger charge is -2.40. The highest BCUT2D eigenvalue weighted by molar-refractivity contribution is 5.96. The van der Waals surface area contributed by atoms with Crippen molar-refractivity contribution in [3.8, 4) is 0 Å². The molecule has 37 heavy (non-hydrogen) atoms. The van der Waals surface area contributed by atoms with Crippen LogP contribution in [-0.4, -0.2) is 66.2 Å². The Kier molecular flexibility index (Phi) is 6.80. The smallest absolute Gasteiger partial charge is 0.383 e. The minimum atomic E-state index is -4.53. The second-order valence-corrected chi connectivity index (χ2v) is 9.47. The van der Waals surface area contributed by atoms with Gasteiger partial charge >= 0.3 is 6.18 Å². The molecule has 1 amide bonds. The van der Waals surface area contributed by atoms with Crippen LogP contribution in [0.3, 0.4) is 0 Å². The maximum atomic E-state index is 15.4. The first-order valence-corrected chi connectivity index (χ1v) is 12.0. The van der Waals surface area contributed by atoms with Gasteiger partial charge in [-0.3, -0.25) is 9.78 Å². The largest absolute Gasteiger partial charge is 0.417 e. The number of amides is 1. The van der Waals surface area contributed by atoms with Crippen molar-refractivity contribution >= 4 is 17.6 Å². The number of benzene rings is 1. The summed E-state index contributed by atoms with van der Waals surface area (Å²) in [6, 6.07) is 4.14. The Morgan fingerprint density at radius 3 is 2.76 bits per heavy atom. The third-order valence-corrected chi connectivity index (χ3v) is 7.01. The molecule has 1 aromatic heterocycles. The second kappa shape index (κ2) is 9.90. The molecule has 8 nitrogen and oxygen atoms in total. The van der Waals surface area contributed by atoms with Gasteiger partial charge in [-0.25, -0.2) is 9.38 Å². The number of hydrogen-bond acceptors (Lipinski definition) is 7. The molecule has 198 valence electrons. The predicted molar refractivity (Wildman–Crippen MR) is 125 cm³/mol. The number of alkyl halides is 3. The van der Waals surface area contributed by atoms with E-state index in [4.69, 9.17) is 15.2 Å². The van der Waals surface area contributed by atoms with Crippen molar-refractivity contribution < 1.29 is 31.8 Å². The number of carbonyl (C=O) groups is 1. The lowest BCUT2D eigenvalue weighted by Crippen LogP contribution is -2.48. The van der Waals surface area contributed by atoms with Crippen molar-refractivity contribution in [3.63, 3.8) is 0 Å². The predicted octanol–water partition coefficient (Wildman–Crippen LogP) is 3.64. The van der Waals surface area contributed by atoms with Crippen LogP contribution in [-0.2, 0) is 22.2 Å². The summed E-state index contributed by atoms with van der Waals surface area (Å²) < 4.78 is 65.3. The quantitative estimate of drug-likeness (QED) is 0.560. The second-order valence-electron chi connectivity index (χ2n) is 9.47. The van der Waals surface area contributed by atoms with E-state index in [0.717, 1.165) is 25.1 Å². The molecule has 2 N–H and O–H groups in total. The SMILES string of the molecule is COC[C@@H](C1CC1)N(Cc1ccc(C(F)(F)F)cn1)C(=O)c1cc2c(cc1F)N=C(N)N1CCOCC21. The Morgan fingerprint density at radius 1 is 1.32 bits per heavy atom. The van der Waals surface area contributed by atoms with E-state index in [1.165, 1.54) is 30.2 Å². The number of methoxy groups -OCH3 is 1. The summed E-state index contributed by atoms with van der Waals surface area (Å²) in [6.45, 7) is 1.42. The molecular weight excluding hydrogens is 494 g/mol. The first-order valence-electron chi connectivity index (χ1n) is 12.0. The average molecular weight is 522 g/mol.